The molecular formula is C21H32N4O4. The van der Waals surface area contributed by atoms with Crippen LogP contribution < -0.4 is 11.4 Å². The molecule has 8 heteroatoms. The first-order valence-corrected chi connectivity index (χ1v) is 9.89. The summed E-state index contributed by atoms with van der Waals surface area (Å²) in [5.74, 6) is 6.42. The van der Waals surface area contributed by atoms with Gasteiger partial charge in [0.25, 0.3) is 0 Å². The van der Waals surface area contributed by atoms with Crippen LogP contribution in [0.4, 0.5) is 5.82 Å². The molecule has 1 fully saturated rings. The van der Waals surface area contributed by atoms with E-state index in [2.05, 4.69) is 49.4 Å². The van der Waals surface area contributed by atoms with E-state index in [4.69, 9.17) is 10.5 Å². The topological polar surface area (TPSA) is 114 Å². The summed E-state index contributed by atoms with van der Waals surface area (Å²) in [6.07, 6.45) is 0.552. The highest BCUT2D eigenvalue weighted by molar-refractivity contribution is 5.48. The predicted molar refractivity (Wildman–Crippen MR) is 112 cm³/mol. The number of nitrogens with two attached hydrogens (primary N) is 1. The van der Waals surface area contributed by atoms with Gasteiger partial charge in [0, 0.05) is 31.1 Å². The molecule has 8 nitrogen and oxygen atoms in total. The van der Waals surface area contributed by atoms with Crippen molar-refractivity contribution in [2.24, 2.45) is 11.8 Å². The molecule has 1 aliphatic rings. The molecule has 0 radical (unpaired) electrons. The third kappa shape index (κ3) is 5.60. The van der Waals surface area contributed by atoms with Gasteiger partial charge in [-0.15, -0.1) is 5.92 Å². The summed E-state index contributed by atoms with van der Waals surface area (Å²) >= 11 is 0. The van der Waals surface area contributed by atoms with Crippen LogP contribution in [0.25, 0.3) is 0 Å². The summed E-state index contributed by atoms with van der Waals surface area (Å²) in [5, 5.41) is 20.4. The van der Waals surface area contributed by atoms with E-state index in [0.29, 0.717) is 23.0 Å². The van der Waals surface area contributed by atoms with E-state index in [9.17, 15) is 15.0 Å². The van der Waals surface area contributed by atoms with Gasteiger partial charge in [0.05, 0.1) is 12.2 Å². The second-order valence-electron chi connectivity index (χ2n) is 8.13. The fraction of sp³-hybridized carbons (Fsp3) is 0.619. The zero-order valence-corrected chi connectivity index (χ0v) is 17.8. The van der Waals surface area contributed by atoms with E-state index in [0.717, 1.165) is 13.1 Å². The summed E-state index contributed by atoms with van der Waals surface area (Å²) in [5.41, 5.74) is 6.09. The molecule has 29 heavy (non-hydrogen) atoms. The van der Waals surface area contributed by atoms with E-state index in [1.807, 2.05) is 6.20 Å². The maximum atomic E-state index is 12.5. The maximum Gasteiger partial charge on any atom is 0.351 e. The molecule has 2 rings (SSSR count). The Balaban J connectivity index is 2.54. The van der Waals surface area contributed by atoms with Crippen LogP contribution in [0.3, 0.4) is 0 Å². The molecule has 1 saturated heterocycles. The Hall–Kier alpha value is -2.34. The maximum absolute atomic E-state index is 12.5. The van der Waals surface area contributed by atoms with Gasteiger partial charge in [-0.2, -0.15) is 4.98 Å². The number of hydrogen-bond donors (Lipinski definition) is 3. The van der Waals surface area contributed by atoms with E-state index in [1.54, 1.807) is 6.92 Å². The molecule has 0 bridgehead atoms. The third-order valence-electron chi connectivity index (χ3n) is 4.49. The minimum Gasteiger partial charge on any atom is -0.394 e. The number of nitrogen functional groups attached to an aromatic ring is 1. The molecule has 0 spiro atoms. The van der Waals surface area contributed by atoms with E-state index in [1.165, 1.54) is 10.8 Å². The Morgan fingerprint density at radius 3 is 2.48 bits per heavy atom. The van der Waals surface area contributed by atoms with Crippen LogP contribution >= 0.6 is 0 Å². The van der Waals surface area contributed by atoms with Crippen molar-refractivity contribution in [3.8, 4) is 11.8 Å². The first kappa shape index (κ1) is 22.9. The summed E-state index contributed by atoms with van der Waals surface area (Å²) < 4.78 is 7.09. The number of aromatic nitrogens is 2. The van der Waals surface area contributed by atoms with E-state index in [-0.39, 0.29) is 12.4 Å². The van der Waals surface area contributed by atoms with Crippen LogP contribution in [0, 0.1) is 23.7 Å². The quantitative estimate of drug-likeness (QED) is 0.580. The van der Waals surface area contributed by atoms with Crippen LogP contribution in [0.5, 0.6) is 0 Å². The average molecular weight is 405 g/mol. The lowest BCUT2D eigenvalue weighted by atomic mass is 10.1. The molecule has 3 atom stereocenters. The van der Waals surface area contributed by atoms with Crippen molar-refractivity contribution in [3.63, 3.8) is 0 Å². The highest BCUT2D eigenvalue weighted by Gasteiger charge is 2.40. The standard InChI is InChI=1S/C21H32N4O4/c1-6-7-15-10-25(21(28)23-19(15)22)20-16(18(27)17(12-26)29-20)11-24(8-13(2)3)9-14(4)5/h10-11,13-14,17-18,20,26-27H,8-9,12H2,1-5H3,(H2,22,23,28)/t17-,18+,20-/m1/s1. The first-order chi connectivity index (χ1) is 13.7. The fourth-order valence-electron chi connectivity index (χ4n) is 3.40. The van der Waals surface area contributed by atoms with Gasteiger partial charge in [0.15, 0.2) is 6.23 Å². The zero-order valence-electron chi connectivity index (χ0n) is 17.8. The molecule has 1 aromatic rings. The van der Waals surface area contributed by atoms with Gasteiger partial charge in [-0.05, 0) is 18.8 Å². The largest absolute Gasteiger partial charge is 0.394 e. The lowest BCUT2D eigenvalue weighted by Gasteiger charge is -2.27. The van der Waals surface area contributed by atoms with Crippen LogP contribution in [0.1, 0.15) is 46.4 Å². The SMILES string of the molecule is CC#Cc1cn([C@@H]2O[C@H](CO)[C@@H](O)C2=CN(CC(C)C)CC(C)C)c(=O)nc1N. The van der Waals surface area contributed by atoms with Gasteiger partial charge >= 0.3 is 5.69 Å². The molecule has 2 heterocycles. The average Bonchev–Trinajstić information content (AvgIpc) is 2.92. The highest BCUT2D eigenvalue weighted by atomic mass is 16.5. The smallest absolute Gasteiger partial charge is 0.351 e. The summed E-state index contributed by atoms with van der Waals surface area (Å²) in [4.78, 5) is 18.5. The molecule has 0 aliphatic carbocycles. The zero-order chi connectivity index (χ0) is 21.7. The number of nitrogens with zero attached hydrogens (tertiary/aromatic N) is 3. The highest BCUT2D eigenvalue weighted by Crippen LogP contribution is 2.34. The Bertz CT molecular complexity index is 840. The predicted octanol–water partition coefficient (Wildman–Crippen LogP) is 0.945. The third-order valence-corrected chi connectivity index (χ3v) is 4.49. The number of ether oxygens (including phenoxy) is 1. The molecule has 1 aromatic heterocycles. The number of anilines is 1. The van der Waals surface area contributed by atoms with Crippen molar-refractivity contribution in [1.82, 2.24) is 14.5 Å². The van der Waals surface area contributed by atoms with Crippen LogP contribution in [-0.2, 0) is 4.74 Å². The summed E-state index contributed by atoms with van der Waals surface area (Å²) in [6.45, 7) is 11.3. The first-order valence-electron chi connectivity index (χ1n) is 9.89. The summed E-state index contributed by atoms with van der Waals surface area (Å²) in [6, 6.07) is 0. The minimum atomic E-state index is -1.04. The van der Waals surface area contributed by atoms with Crippen molar-refractivity contribution >= 4 is 5.82 Å². The van der Waals surface area contributed by atoms with Crippen molar-refractivity contribution in [2.45, 2.75) is 53.1 Å². The van der Waals surface area contributed by atoms with Gasteiger partial charge in [0.1, 0.15) is 18.0 Å². The normalized spacial score (nSPS) is 22.9. The van der Waals surface area contributed by atoms with Crippen molar-refractivity contribution in [2.75, 3.05) is 25.4 Å². The van der Waals surface area contributed by atoms with Gasteiger partial charge in [-0.3, -0.25) is 4.57 Å². The van der Waals surface area contributed by atoms with Gasteiger partial charge in [-0.1, -0.05) is 33.6 Å². The lowest BCUT2D eigenvalue weighted by Crippen LogP contribution is -2.32. The van der Waals surface area contributed by atoms with Gasteiger partial charge < -0.3 is 25.6 Å². The Kier molecular flexibility index (Phi) is 7.85. The van der Waals surface area contributed by atoms with Crippen LogP contribution in [0.2, 0.25) is 0 Å². The Labute approximate surface area is 172 Å². The molecule has 1 aliphatic heterocycles. The van der Waals surface area contributed by atoms with E-state index >= 15 is 0 Å². The minimum absolute atomic E-state index is 0.0459. The van der Waals surface area contributed by atoms with Crippen LogP contribution in [-0.4, -0.2) is 56.6 Å². The number of aliphatic hydroxyl groups is 2. The second-order valence-corrected chi connectivity index (χ2v) is 8.13. The fourth-order valence-corrected chi connectivity index (χ4v) is 3.40. The molecule has 0 aromatic carbocycles. The Morgan fingerprint density at radius 2 is 1.97 bits per heavy atom. The lowest BCUT2D eigenvalue weighted by molar-refractivity contribution is -0.0447. The van der Waals surface area contributed by atoms with Crippen LogP contribution in [0.15, 0.2) is 22.8 Å². The van der Waals surface area contributed by atoms with Gasteiger partial charge in [-0.25, -0.2) is 4.79 Å². The Morgan fingerprint density at radius 1 is 1.34 bits per heavy atom. The number of rotatable bonds is 7. The second kappa shape index (κ2) is 9.92. The molecular weight excluding hydrogens is 372 g/mol. The van der Waals surface area contributed by atoms with Gasteiger partial charge in [0.2, 0.25) is 0 Å². The van der Waals surface area contributed by atoms with Crippen molar-refractivity contribution in [1.29, 1.82) is 0 Å². The molecule has 0 saturated carbocycles. The summed E-state index contributed by atoms with van der Waals surface area (Å²) in [7, 11) is 0. The van der Waals surface area contributed by atoms with E-state index < -0.39 is 24.1 Å². The number of hydrogen-bond acceptors (Lipinski definition) is 7. The monoisotopic (exact) mass is 404 g/mol. The van der Waals surface area contributed by atoms with Crippen molar-refractivity contribution < 1.29 is 14.9 Å². The molecule has 160 valence electrons. The van der Waals surface area contributed by atoms with Crippen molar-refractivity contribution in [3.05, 3.63) is 34.0 Å². The molecule has 4 N–H and O–H groups in total. The molecule has 0 unspecified atom stereocenters. The molecule has 0 amide bonds. The number of aliphatic hydroxyl groups excluding tert-OH is 2.